The molecule has 0 saturated heterocycles. The van der Waals surface area contributed by atoms with Crippen molar-refractivity contribution < 1.29 is 29.9 Å². The predicted molar refractivity (Wildman–Crippen MR) is 121 cm³/mol. The van der Waals surface area contributed by atoms with Gasteiger partial charge in [-0.05, 0) is 48.3 Å². The van der Waals surface area contributed by atoms with Crippen molar-refractivity contribution in [2.75, 3.05) is 26.4 Å². The highest BCUT2D eigenvalue weighted by Gasteiger charge is 2.30. The minimum absolute atomic E-state index is 0.0850. The lowest BCUT2D eigenvalue weighted by atomic mass is 9.84. The van der Waals surface area contributed by atoms with Crippen LogP contribution in [0.2, 0.25) is 0 Å². The van der Waals surface area contributed by atoms with E-state index in [9.17, 15) is 20.4 Å². The van der Waals surface area contributed by atoms with Crippen molar-refractivity contribution in [1.82, 2.24) is 0 Å². The molecule has 0 aliphatic heterocycles. The largest absolute Gasteiger partial charge is 0.388 e. The Morgan fingerprint density at radius 1 is 0.600 bits per heavy atom. The molecule has 0 aliphatic carbocycles. The molecule has 182 valence electrons. The molecule has 0 amide bonds. The number of ether oxygens (including phenoxy) is 2. The van der Waals surface area contributed by atoms with E-state index in [1.54, 1.807) is 0 Å². The van der Waals surface area contributed by atoms with Crippen LogP contribution in [-0.4, -0.2) is 71.3 Å². The summed E-state index contributed by atoms with van der Waals surface area (Å²) in [4.78, 5) is 0. The van der Waals surface area contributed by atoms with E-state index in [0.717, 1.165) is 25.7 Å². The fourth-order valence-electron chi connectivity index (χ4n) is 3.92. The van der Waals surface area contributed by atoms with Gasteiger partial charge in [0.05, 0.1) is 13.2 Å². The third-order valence-electron chi connectivity index (χ3n) is 5.15. The van der Waals surface area contributed by atoms with E-state index < -0.39 is 24.4 Å². The second-order valence-corrected chi connectivity index (χ2v) is 11.6. The monoisotopic (exact) mass is 434 g/mol. The Balaban J connectivity index is 4.06. The molecular formula is C24H50O6. The third kappa shape index (κ3) is 15.5. The van der Waals surface area contributed by atoms with Gasteiger partial charge in [-0.1, -0.05) is 55.4 Å². The van der Waals surface area contributed by atoms with Gasteiger partial charge in [0, 0.05) is 13.2 Å². The van der Waals surface area contributed by atoms with Crippen molar-refractivity contribution in [2.45, 2.75) is 105 Å². The number of hydrogen-bond acceptors (Lipinski definition) is 6. The Bertz CT molecular complexity index is 388. The fraction of sp³-hybridized carbons (Fsp3) is 1.00. The van der Waals surface area contributed by atoms with Gasteiger partial charge in [0.15, 0.2) is 0 Å². The van der Waals surface area contributed by atoms with Crippen molar-refractivity contribution in [3.8, 4) is 0 Å². The molecule has 0 radical (unpaired) electrons. The van der Waals surface area contributed by atoms with Gasteiger partial charge in [-0.25, -0.2) is 0 Å². The predicted octanol–water partition coefficient (Wildman–Crippen LogP) is 3.39. The van der Waals surface area contributed by atoms with Crippen LogP contribution in [0.4, 0.5) is 0 Å². The van der Waals surface area contributed by atoms with Gasteiger partial charge in [-0.2, -0.15) is 0 Å². The van der Waals surface area contributed by atoms with Gasteiger partial charge in [0.2, 0.25) is 0 Å². The molecule has 0 aromatic rings. The van der Waals surface area contributed by atoms with E-state index in [2.05, 4.69) is 55.4 Å². The quantitative estimate of drug-likeness (QED) is 0.295. The van der Waals surface area contributed by atoms with E-state index >= 15 is 0 Å². The zero-order chi connectivity index (χ0) is 23.5. The zero-order valence-electron chi connectivity index (χ0n) is 20.7. The zero-order valence-corrected chi connectivity index (χ0v) is 20.7. The minimum Gasteiger partial charge on any atom is -0.388 e. The highest BCUT2D eigenvalue weighted by atomic mass is 16.5. The molecule has 0 aromatic heterocycles. The van der Waals surface area contributed by atoms with Crippen molar-refractivity contribution >= 4 is 0 Å². The molecule has 0 saturated carbocycles. The lowest BCUT2D eigenvalue weighted by molar-refractivity contribution is -0.134. The molecule has 4 N–H and O–H groups in total. The molecule has 0 fully saturated rings. The SMILES string of the molecule is CC(CCOC[C@@H](O)[C@@H](O)[C@H](O)[C@@H](O)COCCC(C)CC(C)(C)C)CC(C)(C)C. The van der Waals surface area contributed by atoms with Gasteiger partial charge in [0.25, 0.3) is 0 Å². The lowest BCUT2D eigenvalue weighted by Gasteiger charge is -2.27. The van der Waals surface area contributed by atoms with Gasteiger partial charge in [-0.15, -0.1) is 0 Å². The second kappa shape index (κ2) is 14.0. The van der Waals surface area contributed by atoms with E-state index in [4.69, 9.17) is 9.47 Å². The van der Waals surface area contributed by atoms with Crippen LogP contribution in [0, 0.1) is 22.7 Å². The molecule has 0 aliphatic rings. The van der Waals surface area contributed by atoms with Crippen LogP contribution in [0.25, 0.3) is 0 Å². The molecule has 6 atom stereocenters. The Labute approximate surface area is 185 Å². The van der Waals surface area contributed by atoms with Gasteiger partial charge < -0.3 is 29.9 Å². The summed E-state index contributed by atoms with van der Waals surface area (Å²) >= 11 is 0. The van der Waals surface area contributed by atoms with Crippen LogP contribution >= 0.6 is 0 Å². The Morgan fingerprint density at radius 2 is 0.900 bits per heavy atom. The fourth-order valence-corrected chi connectivity index (χ4v) is 3.92. The lowest BCUT2D eigenvalue weighted by Crippen LogP contribution is -2.47. The van der Waals surface area contributed by atoms with E-state index in [1.165, 1.54) is 0 Å². The average molecular weight is 435 g/mol. The third-order valence-corrected chi connectivity index (χ3v) is 5.15. The standard InChI is InChI=1S/C24H50O6/c1-17(13-23(3,4)5)9-11-29-15-19(25)21(27)22(28)20(26)16-30-12-10-18(2)14-24(6,7)8/h17-22,25-28H,9-16H2,1-8H3/t17?,18?,19-,20+,21-,22-/m1/s1. The maximum absolute atomic E-state index is 10.1. The Morgan fingerprint density at radius 3 is 1.17 bits per heavy atom. The summed E-state index contributed by atoms with van der Waals surface area (Å²) in [6, 6.07) is 0. The van der Waals surface area contributed by atoms with Crippen LogP contribution in [0.1, 0.15) is 81.1 Å². The highest BCUT2D eigenvalue weighted by molar-refractivity contribution is 4.81. The second-order valence-electron chi connectivity index (χ2n) is 11.6. The minimum atomic E-state index is -1.49. The van der Waals surface area contributed by atoms with Crippen LogP contribution in [0.3, 0.4) is 0 Å². The van der Waals surface area contributed by atoms with Crippen LogP contribution < -0.4 is 0 Å². The van der Waals surface area contributed by atoms with Crippen LogP contribution in [0.5, 0.6) is 0 Å². The smallest absolute Gasteiger partial charge is 0.111 e. The van der Waals surface area contributed by atoms with Gasteiger partial charge in [-0.3, -0.25) is 0 Å². The summed E-state index contributed by atoms with van der Waals surface area (Å²) in [6.07, 6.45) is -1.60. The number of hydrogen-bond donors (Lipinski definition) is 4. The Kier molecular flexibility index (Phi) is 13.9. The van der Waals surface area contributed by atoms with Crippen LogP contribution in [0.15, 0.2) is 0 Å². The molecule has 6 nitrogen and oxygen atoms in total. The van der Waals surface area contributed by atoms with Crippen molar-refractivity contribution in [1.29, 1.82) is 0 Å². The molecule has 0 bridgehead atoms. The molecule has 30 heavy (non-hydrogen) atoms. The number of aliphatic hydroxyl groups is 4. The maximum Gasteiger partial charge on any atom is 0.111 e. The summed E-state index contributed by atoms with van der Waals surface area (Å²) in [5.41, 5.74) is 0.532. The van der Waals surface area contributed by atoms with Crippen molar-refractivity contribution in [2.24, 2.45) is 22.7 Å². The molecule has 2 unspecified atom stereocenters. The maximum atomic E-state index is 10.1. The first-order chi connectivity index (χ1) is 13.6. The normalized spacial score (nSPS) is 19.2. The van der Waals surface area contributed by atoms with E-state index in [0.29, 0.717) is 25.0 Å². The molecule has 0 heterocycles. The summed E-state index contributed by atoms with van der Waals surface area (Å²) < 4.78 is 10.9. The van der Waals surface area contributed by atoms with E-state index in [1.807, 2.05) is 0 Å². The summed E-state index contributed by atoms with van der Waals surface area (Å²) in [7, 11) is 0. The topological polar surface area (TPSA) is 99.4 Å². The molecule has 0 aromatic carbocycles. The number of rotatable bonds is 15. The first-order valence-electron chi connectivity index (χ1n) is 11.5. The number of aliphatic hydroxyl groups excluding tert-OH is 4. The summed E-state index contributed by atoms with van der Waals surface area (Å²) in [5, 5.41) is 40.3. The Hall–Kier alpha value is -0.240. The summed E-state index contributed by atoms with van der Waals surface area (Å²) in [6.45, 7) is 18.3. The molecule has 6 heteroatoms. The first kappa shape index (κ1) is 29.8. The van der Waals surface area contributed by atoms with Gasteiger partial charge in [0.1, 0.15) is 24.4 Å². The molecule has 0 rings (SSSR count). The van der Waals surface area contributed by atoms with Crippen molar-refractivity contribution in [3.05, 3.63) is 0 Å². The van der Waals surface area contributed by atoms with E-state index in [-0.39, 0.29) is 24.0 Å². The molecular weight excluding hydrogens is 384 g/mol. The highest BCUT2D eigenvalue weighted by Crippen LogP contribution is 2.26. The van der Waals surface area contributed by atoms with Crippen molar-refractivity contribution in [3.63, 3.8) is 0 Å². The average Bonchev–Trinajstić information content (AvgIpc) is 2.57. The molecule has 0 spiro atoms. The van der Waals surface area contributed by atoms with Gasteiger partial charge >= 0.3 is 0 Å². The first-order valence-corrected chi connectivity index (χ1v) is 11.5. The summed E-state index contributed by atoms with van der Waals surface area (Å²) in [5.74, 6) is 1.01. The van der Waals surface area contributed by atoms with Crippen LogP contribution in [-0.2, 0) is 9.47 Å².